The summed E-state index contributed by atoms with van der Waals surface area (Å²) in [5.74, 6) is 0.0419. The molecule has 0 unspecified atom stereocenters. The highest BCUT2D eigenvalue weighted by Gasteiger charge is 2.20. The Morgan fingerprint density at radius 3 is 2.28 bits per heavy atom. The molecule has 0 radical (unpaired) electrons. The summed E-state index contributed by atoms with van der Waals surface area (Å²) in [7, 11) is 1.52. The second kappa shape index (κ2) is 9.85. The molecule has 3 N–H and O–H groups in total. The first-order chi connectivity index (χ1) is 13.6. The molecule has 0 spiro atoms. The molecule has 156 valence electrons. The van der Waals surface area contributed by atoms with Crippen LogP contribution in [0.5, 0.6) is 5.75 Å². The van der Waals surface area contributed by atoms with Crippen molar-refractivity contribution in [2.24, 2.45) is 0 Å². The number of benzene rings is 2. The molecule has 29 heavy (non-hydrogen) atoms. The van der Waals surface area contributed by atoms with Crippen LogP contribution in [0.15, 0.2) is 36.4 Å². The second-order valence-corrected chi connectivity index (χ2v) is 7.95. The molecule has 2 rings (SSSR count). The number of amides is 2. The summed E-state index contributed by atoms with van der Waals surface area (Å²) in [6.07, 6.45) is 0.796. The quantitative estimate of drug-likeness (QED) is 0.544. The van der Waals surface area contributed by atoms with E-state index in [2.05, 4.69) is 16.0 Å². The lowest BCUT2D eigenvalue weighted by molar-refractivity contribution is -0.114. The van der Waals surface area contributed by atoms with E-state index in [9.17, 15) is 9.59 Å². The molecular weight excluding hydrogens is 413 g/mol. The van der Waals surface area contributed by atoms with Crippen LogP contribution < -0.4 is 20.7 Å². The smallest absolute Gasteiger partial charge is 0.253 e. The second-order valence-electron chi connectivity index (χ2n) is 7.14. The fraction of sp³-hybridized carbons (Fsp3) is 0.333. The van der Waals surface area contributed by atoms with Crippen molar-refractivity contribution in [2.45, 2.75) is 32.7 Å². The summed E-state index contributed by atoms with van der Waals surface area (Å²) >= 11 is 12.3. The zero-order valence-corrected chi connectivity index (χ0v) is 18.4. The zero-order valence-electron chi connectivity index (χ0n) is 16.9. The van der Waals surface area contributed by atoms with Crippen molar-refractivity contribution in [1.29, 1.82) is 0 Å². The molecule has 2 aromatic carbocycles. The van der Waals surface area contributed by atoms with Crippen molar-refractivity contribution >= 4 is 46.4 Å². The van der Waals surface area contributed by atoms with Crippen molar-refractivity contribution in [1.82, 2.24) is 5.32 Å². The van der Waals surface area contributed by atoms with E-state index in [1.165, 1.54) is 7.11 Å². The normalized spacial score (nSPS) is 11.0. The molecule has 0 fully saturated rings. The van der Waals surface area contributed by atoms with Gasteiger partial charge in [0, 0.05) is 16.9 Å². The van der Waals surface area contributed by atoms with Crippen LogP contribution in [0.25, 0.3) is 0 Å². The van der Waals surface area contributed by atoms with Crippen molar-refractivity contribution in [2.75, 3.05) is 24.3 Å². The van der Waals surface area contributed by atoms with Crippen LogP contribution in [-0.4, -0.2) is 31.0 Å². The van der Waals surface area contributed by atoms with Gasteiger partial charge in [-0.25, -0.2) is 0 Å². The Labute approximate surface area is 180 Å². The average molecular weight is 438 g/mol. The number of anilines is 2. The summed E-state index contributed by atoms with van der Waals surface area (Å²) in [6.45, 7) is 5.92. The summed E-state index contributed by atoms with van der Waals surface area (Å²) in [5.41, 5.74) is 1.26. The van der Waals surface area contributed by atoms with Gasteiger partial charge in [0.1, 0.15) is 5.75 Å². The summed E-state index contributed by atoms with van der Waals surface area (Å²) in [4.78, 5) is 24.6. The van der Waals surface area contributed by atoms with Crippen LogP contribution in [0, 0.1) is 0 Å². The van der Waals surface area contributed by atoms with E-state index < -0.39 is 0 Å². The first-order valence-electron chi connectivity index (χ1n) is 9.14. The third-order valence-electron chi connectivity index (χ3n) is 4.44. The summed E-state index contributed by atoms with van der Waals surface area (Å²) in [6, 6.07) is 9.94. The number of nitrogens with one attached hydrogen (secondary N) is 3. The molecule has 6 nitrogen and oxygen atoms in total. The van der Waals surface area contributed by atoms with Gasteiger partial charge < -0.3 is 20.7 Å². The number of halogens is 2. The zero-order chi connectivity index (χ0) is 21.6. The average Bonchev–Trinajstić information content (AvgIpc) is 2.66. The highest BCUT2D eigenvalue weighted by atomic mass is 35.5. The van der Waals surface area contributed by atoms with Gasteiger partial charge in [-0.1, -0.05) is 30.1 Å². The Bertz CT molecular complexity index is 901. The van der Waals surface area contributed by atoms with E-state index in [4.69, 9.17) is 27.9 Å². The molecule has 8 heteroatoms. The van der Waals surface area contributed by atoms with Gasteiger partial charge in [0.05, 0.1) is 29.3 Å². The van der Waals surface area contributed by atoms with Crippen molar-refractivity contribution in [3.05, 3.63) is 52.0 Å². The number of rotatable bonds is 8. The minimum atomic E-state index is -0.320. The largest absolute Gasteiger partial charge is 0.495 e. The lowest BCUT2D eigenvalue weighted by Gasteiger charge is -2.24. The molecule has 0 aliphatic carbocycles. The third kappa shape index (κ3) is 6.54. The van der Waals surface area contributed by atoms with E-state index >= 15 is 0 Å². The Morgan fingerprint density at radius 2 is 1.69 bits per heavy atom. The molecular formula is C21H25Cl2N3O3. The van der Waals surface area contributed by atoms with Gasteiger partial charge in [0.15, 0.2) is 0 Å². The minimum absolute atomic E-state index is 0.0222. The topological polar surface area (TPSA) is 79.5 Å². The van der Waals surface area contributed by atoms with Crippen molar-refractivity contribution in [3.63, 3.8) is 0 Å². The maximum Gasteiger partial charge on any atom is 0.253 e. The molecule has 0 bridgehead atoms. The van der Waals surface area contributed by atoms with Gasteiger partial charge in [0.2, 0.25) is 5.91 Å². The molecule has 0 saturated heterocycles. The molecule has 0 atom stereocenters. The van der Waals surface area contributed by atoms with Gasteiger partial charge >= 0.3 is 0 Å². The number of carbonyl (C=O) groups is 2. The molecule has 0 aliphatic heterocycles. The highest BCUT2D eigenvalue weighted by molar-refractivity contribution is 6.34. The highest BCUT2D eigenvalue weighted by Crippen LogP contribution is 2.27. The summed E-state index contributed by atoms with van der Waals surface area (Å²) in [5, 5.41) is 9.38. The van der Waals surface area contributed by atoms with Gasteiger partial charge in [-0.05, 0) is 56.7 Å². The van der Waals surface area contributed by atoms with Gasteiger partial charge in [0.25, 0.3) is 5.91 Å². The molecule has 0 heterocycles. The predicted molar refractivity (Wildman–Crippen MR) is 118 cm³/mol. The maximum absolute atomic E-state index is 12.4. The monoisotopic (exact) mass is 437 g/mol. The first kappa shape index (κ1) is 22.8. The van der Waals surface area contributed by atoms with Crippen LogP contribution in [0.2, 0.25) is 10.0 Å². The SMILES string of the molecule is CCC(C)(C)NC(=O)c1ccc(NCC(=O)Nc2ccc(OC)c(Cl)c2)cc1Cl. The fourth-order valence-corrected chi connectivity index (χ4v) is 2.93. The maximum atomic E-state index is 12.4. The van der Waals surface area contributed by atoms with Crippen LogP contribution >= 0.6 is 23.2 Å². The van der Waals surface area contributed by atoms with Gasteiger partial charge in [-0.2, -0.15) is 0 Å². The lowest BCUT2D eigenvalue weighted by atomic mass is 10.0. The number of methoxy groups -OCH3 is 1. The Morgan fingerprint density at radius 1 is 1.03 bits per heavy atom. The van der Waals surface area contributed by atoms with E-state index in [1.54, 1.807) is 36.4 Å². The molecule has 2 amide bonds. The Balaban J connectivity index is 1.95. The van der Waals surface area contributed by atoms with E-state index in [-0.39, 0.29) is 23.9 Å². The summed E-state index contributed by atoms with van der Waals surface area (Å²) < 4.78 is 5.08. The number of hydrogen-bond donors (Lipinski definition) is 3. The number of hydrogen-bond acceptors (Lipinski definition) is 4. The Kier molecular flexibility index (Phi) is 7.76. The van der Waals surface area contributed by atoms with Crippen LogP contribution in [-0.2, 0) is 4.79 Å². The van der Waals surface area contributed by atoms with E-state index in [0.717, 1.165) is 6.42 Å². The third-order valence-corrected chi connectivity index (χ3v) is 5.05. The van der Waals surface area contributed by atoms with Crippen LogP contribution in [0.3, 0.4) is 0 Å². The van der Waals surface area contributed by atoms with Gasteiger partial charge in [-0.15, -0.1) is 0 Å². The van der Waals surface area contributed by atoms with Crippen LogP contribution in [0.1, 0.15) is 37.6 Å². The van der Waals surface area contributed by atoms with Crippen molar-refractivity contribution in [3.8, 4) is 5.75 Å². The number of ether oxygens (including phenoxy) is 1. The van der Waals surface area contributed by atoms with E-state index in [1.807, 2.05) is 20.8 Å². The van der Waals surface area contributed by atoms with Gasteiger partial charge in [-0.3, -0.25) is 9.59 Å². The Hall–Kier alpha value is -2.44. The van der Waals surface area contributed by atoms with Crippen LogP contribution in [0.4, 0.5) is 11.4 Å². The van der Waals surface area contributed by atoms with E-state index in [0.29, 0.717) is 32.7 Å². The minimum Gasteiger partial charge on any atom is -0.495 e. The molecule has 0 saturated carbocycles. The standard InChI is InChI=1S/C21H25Cl2N3O3/c1-5-21(2,3)26-20(28)15-8-6-13(10-16(15)22)24-12-19(27)25-14-7-9-18(29-4)17(23)11-14/h6-11,24H,5,12H2,1-4H3,(H,25,27)(H,26,28). The van der Waals surface area contributed by atoms with Crippen molar-refractivity contribution < 1.29 is 14.3 Å². The predicted octanol–water partition coefficient (Wildman–Crippen LogP) is 4.97. The first-order valence-corrected chi connectivity index (χ1v) is 9.90. The molecule has 2 aromatic rings. The molecule has 0 aliphatic rings. The molecule has 0 aromatic heterocycles. The fourth-order valence-electron chi connectivity index (χ4n) is 2.40. The lowest BCUT2D eigenvalue weighted by Crippen LogP contribution is -2.42. The number of carbonyl (C=O) groups excluding carboxylic acids is 2.